The number of methoxy groups -OCH3 is 1. The molecule has 0 amide bonds. The molecule has 0 unspecified atom stereocenters. The third kappa shape index (κ3) is 2.03. The van der Waals surface area contributed by atoms with E-state index in [1.165, 1.54) is 19.3 Å². The first-order chi connectivity index (χ1) is 6.79. The van der Waals surface area contributed by atoms with Crippen molar-refractivity contribution in [2.24, 2.45) is 0 Å². The number of halogens is 1. The summed E-state index contributed by atoms with van der Waals surface area (Å²) in [6, 6.07) is 5.83. The largest absolute Gasteiger partial charge is 0.495 e. The SMILES string of the molecule is COc1cc(OC2CCC2)ccc1Br. The van der Waals surface area contributed by atoms with E-state index in [9.17, 15) is 0 Å². The van der Waals surface area contributed by atoms with Crippen LogP contribution in [0.1, 0.15) is 19.3 Å². The molecule has 2 nitrogen and oxygen atoms in total. The van der Waals surface area contributed by atoms with Crippen LogP contribution in [0.3, 0.4) is 0 Å². The first-order valence-electron chi connectivity index (χ1n) is 4.80. The Kier molecular flexibility index (Phi) is 2.96. The highest BCUT2D eigenvalue weighted by atomic mass is 79.9. The minimum atomic E-state index is 0.417. The van der Waals surface area contributed by atoms with Crippen LogP contribution in [0.2, 0.25) is 0 Å². The van der Waals surface area contributed by atoms with Gasteiger partial charge in [0, 0.05) is 6.07 Å². The highest BCUT2D eigenvalue weighted by Crippen LogP contribution is 2.31. The molecule has 0 atom stereocenters. The van der Waals surface area contributed by atoms with Crippen molar-refractivity contribution in [1.82, 2.24) is 0 Å². The zero-order valence-electron chi connectivity index (χ0n) is 8.13. The van der Waals surface area contributed by atoms with Gasteiger partial charge in [0.05, 0.1) is 17.7 Å². The van der Waals surface area contributed by atoms with Crippen LogP contribution in [0.5, 0.6) is 11.5 Å². The zero-order valence-corrected chi connectivity index (χ0v) is 9.71. The lowest BCUT2D eigenvalue weighted by Crippen LogP contribution is -2.24. The predicted molar refractivity (Wildman–Crippen MR) is 59.0 cm³/mol. The highest BCUT2D eigenvalue weighted by molar-refractivity contribution is 9.10. The second-order valence-electron chi connectivity index (χ2n) is 3.47. The maximum Gasteiger partial charge on any atom is 0.136 e. The molecule has 0 bridgehead atoms. The Bertz CT molecular complexity index is 321. The molecule has 14 heavy (non-hydrogen) atoms. The average molecular weight is 257 g/mol. The van der Waals surface area contributed by atoms with Gasteiger partial charge in [-0.1, -0.05) is 0 Å². The molecule has 0 saturated heterocycles. The summed E-state index contributed by atoms with van der Waals surface area (Å²) in [5.41, 5.74) is 0. The van der Waals surface area contributed by atoms with Crippen LogP contribution in [0.15, 0.2) is 22.7 Å². The summed E-state index contributed by atoms with van der Waals surface area (Å²) in [7, 11) is 1.66. The van der Waals surface area contributed by atoms with Gasteiger partial charge in [-0.2, -0.15) is 0 Å². The number of hydrogen-bond donors (Lipinski definition) is 0. The van der Waals surface area contributed by atoms with Crippen molar-refractivity contribution in [2.75, 3.05) is 7.11 Å². The molecule has 2 rings (SSSR count). The Balaban J connectivity index is 2.09. The maximum atomic E-state index is 5.75. The summed E-state index contributed by atoms with van der Waals surface area (Å²) < 4.78 is 11.9. The molecule has 1 aromatic rings. The van der Waals surface area contributed by atoms with Gasteiger partial charge in [-0.3, -0.25) is 0 Å². The third-order valence-electron chi connectivity index (χ3n) is 2.48. The number of ether oxygens (including phenoxy) is 2. The second-order valence-corrected chi connectivity index (χ2v) is 4.32. The fraction of sp³-hybridized carbons (Fsp3) is 0.455. The lowest BCUT2D eigenvalue weighted by Gasteiger charge is -2.26. The van der Waals surface area contributed by atoms with E-state index in [0.29, 0.717) is 6.10 Å². The number of hydrogen-bond acceptors (Lipinski definition) is 2. The van der Waals surface area contributed by atoms with E-state index in [2.05, 4.69) is 15.9 Å². The van der Waals surface area contributed by atoms with Crippen LogP contribution >= 0.6 is 15.9 Å². The van der Waals surface area contributed by atoms with Gasteiger partial charge in [-0.15, -0.1) is 0 Å². The molecule has 1 saturated carbocycles. The van der Waals surface area contributed by atoms with Crippen molar-refractivity contribution in [2.45, 2.75) is 25.4 Å². The molecule has 0 radical (unpaired) electrons. The normalized spacial score (nSPS) is 16.1. The summed E-state index contributed by atoms with van der Waals surface area (Å²) in [5.74, 6) is 1.72. The van der Waals surface area contributed by atoms with Gasteiger partial charge in [0.15, 0.2) is 0 Å². The van der Waals surface area contributed by atoms with E-state index in [1.807, 2.05) is 18.2 Å². The molecule has 1 fully saturated rings. The summed E-state index contributed by atoms with van der Waals surface area (Å²) in [6.07, 6.45) is 4.07. The quantitative estimate of drug-likeness (QED) is 0.826. The molecule has 0 N–H and O–H groups in total. The van der Waals surface area contributed by atoms with Crippen molar-refractivity contribution >= 4 is 15.9 Å². The maximum absolute atomic E-state index is 5.75. The van der Waals surface area contributed by atoms with E-state index in [0.717, 1.165) is 16.0 Å². The fourth-order valence-corrected chi connectivity index (χ4v) is 1.80. The average Bonchev–Trinajstić information content (AvgIpc) is 2.14. The highest BCUT2D eigenvalue weighted by Gasteiger charge is 2.19. The van der Waals surface area contributed by atoms with Gasteiger partial charge in [0.1, 0.15) is 11.5 Å². The molecule has 0 spiro atoms. The zero-order chi connectivity index (χ0) is 9.97. The Hall–Kier alpha value is -0.700. The van der Waals surface area contributed by atoms with Crippen LogP contribution in [0, 0.1) is 0 Å². The van der Waals surface area contributed by atoms with E-state index in [4.69, 9.17) is 9.47 Å². The minimum absolute atomic E-state index is 0.417. The first-order valence-corrected chi connectivity index (χ1v) is 5.59. The molecule has 1 aliphatic carbocycles. The Morgan fingerprint density at radius 2 is 2.14 bits per heavy atom. The molecular weight excluding hydrogens is 244 g/mol. The van der Waals surface area contributed by atoms with Crippen LogP contribution in [0.4, 0.5) is 0 Å². The van der Waals surface area contributed by atoms with Gasteiger partial charge < -0.3 is 9.47 Å². The van der Waals surface area contributed by atoms with E-state index in [-0.39, 0.29) is 0 Å². The van der Waals surface area contributed by atoms with Crippen molar-refractivity contribution in [3.05, 3.63) is 22.7 Å². The standard InChI is InChI=1S/C11H13BrO2/c1-13-11-7-9(5-6-10(11)12)14-8-3-2-4-8/h5-8H,2-4H2,1H3. The number of rotatable bonds is 3. The molecule has 3 heteroatoms. The Morgan fingerprint density at radius 1 is 1.36 bits per heavy atom. The van der Waals surface area contributed by atoms with Crippen LogP contribution in [0.25, 0.3) is 0 Å². The minimum Gasteiger partial charge on any atom is -0.495 e. The van der Waals surface area contributed by atoms with Gasteiger partial charge in [0.25, 0.3) is 0 Å². The van der Waals surface area contributed by atoms with Crippen LogP contribution in [-0.2, 0) is 0 Å². The van der Waals surface area contributed by atoms with Gasteiger partial charge >= 0.3 is 0 Å². The summed E-state index contributed by atoms with van der Waals surface area (Å²) in [4.78, 5) is 0. The summed E-state index contributed by atoms with van der Waals surface area (Å²) in [6.45, 7) is 0. The molecular formula is C11H13BrO2. The molecule has 0 heterocycles. The van der Waals surface area contributed by atoms with Crippen molar-refractivity contribution in [1.29, 1.82) is 0 Å². The van der Waals surface area contributed by atoms with E-state index in [1.54, 1.807) is 7.11 Å². The first kappa shape index (κ1) is 9.84. The Labute approximate surface area is 92.3 Å². The lowest BCUT2D eigenvalue weighted by molar-refractivity contribution is 0.120. The van der Waals surface area contributed by atoms with Crippen molar-refractivity contribution in [3.8, 4) is 11.5 Å². The van der Waals surface area contributed by atoms with E-state index < -0.39 is 0 Å². The third-order valence-corrected chi connectivity index (χ3v) is 3.13. The molecule has 76 valence electrons. The second kappa shape index (κ2) is 4.22. The smallest absolute Gasteiger partial charge is 0.136 e. The lowest BCUT2D eigenvalue weighted by atomic mass is 9.96. The predicted octanol–water partition coefficient (Wildman–Crippen LogP) is 3.39. The van der Waals surface area contributed by atoms with Crippen LogP contribution < -0.4 is 9.47 Å². The molecule has 0 aromatic heterocycles. The van der Waals surface area contributed by atoms with Gasteiger partial charge in [-0.05, 0) is 47.3 Å². The monoisotopic (exact) mass is 256 g/mol. The molecule has 1 aromatic carbocycles. The fourth-order valence-electron chi connectivity index (χ4n) is 1.39. The number of benzene rings is 1. The van der Waals surface area contributed by atoms with Crippen molar-refractivity contribution in [3.63, 3.8) is 0 Å². The molecule has 1 aliphatic rings. The topological polar surface area (TPSA) is 18.5 Å². The van der Waals surface area contributed by atoms with Crippen LogP contribution in [-0.4, -0.2) is 13.2 Å². The van der Waals surface area contributed by atoms with E-state index >= 15 is 0 Å². The van der Waals surface area contributed by atoms with Gasteiger partial charge in [0.2, 0.25) is 0 Å². The molecule has 0 aliphatic heterocycles. The summed E-state index contributed by atoms with van der Waals surface area (Å²) >= 11 is 3.41. The van der Waals surface area contributed by atoms with Crippen molar-refractivity contribution < 1.29 is 9.47 Å². The summed E-state index contributed by atoms with van der Waals surface area (Å²) in [5, 5.41) is 0. The van der Waals surface area contributed by atoms with Gasteiger partial charge in [-0.25, -0.2) is 0 Å². The Morgan fingerprint density at radius 3 is 2.71 bits per heavy atom.